The van der Waals surface area contributed by atoms with Crippen LogP contribution in [0.4, 0.5) is 26.3 Å². The van der Waals surface area contributed by atoms with Crippen LogP contribution in [-0.2, 0) is 73.4 Å². The first-order valence-corrected chi connectivity index (χ1v) is 33.4. The van der Waals surface area contributed by atoms with E-state index < -0.39 is 173 Å². The highest BCUT2D eigenvalue weighted by molar-refractivity contribution is 6.46. The molecule has 4 amide bonds. The molecule has 0 fully saturated rings. The number of carbonyl (C=O) groups excluding carboxylic acids is 8. The number of fused-ring (bicyclic) bond motifs is 2. The molecule has 11 rings (SSSR count). The third kappa shape index (κ3) is 16.6. The molecule has 2 aliphatic heterocycles. The molecule has 2 heterocycles. The van der Waals surface area contributed by atoms with Gasteiger partial charge in [-0.15, -0.1) is 0 Å². The van der Waals surface area contributed by atoms with Crippen molar-refractivity contribution in [3.63, 3.8) is 0 Å². The summed E-state index contributed by atoms with van der Waals surface area (Å²) in [4.78, 5) is 137. The zero-order valence-corrected chi connectivity index (χ0v) is 58.5. The van der Waals surface area contributed by atoms with Gasteiger partial charge in [0.05, 0.1) is 61.5 Å². The molecule has 22 nitrogen and oxygen atoms in total. The number of rotatable bonds is 30. The van der Waals surface area contributed by atoms with E-state index in [1.807, 2.05) is 0 Å². The van der Waals surface area contributed by atoms with Crippen LogP contribution in [0.5, 0.6) is 46.0 Å². The van der Waals surface area contributed by atoms with Crippen LogP contribution in [0, 0.1) is 0 Å². The van der Waals surface area contributed by atoms with Gasteiger partial charge >= 0.3 is 48.2 Å². The number of carbonyl (C=O) groups is 10. The van der Waals surface area contributed by atoms with Gasteiger partial charge in [-0.1, -0.05) is 121 Å². The molecule has 9 aromatic carbocycles. The smallest absolute Gasteiger partial charge is 0.391 e. The van der Waals surface area contributed by atoms with E-state index in [1.54, 1.807) is 0 Å². The van der Waals surface area contributed by atoms with Crippen molar-refractivity contribution in [2.75, 3.05) is 26.4 Å². The van der Waals surface area contributed by atoms with Crippen molar-refractivity contribution in [3.8, 4) is 46.0 Å². The van der Waals surface area contributed by atoms with Gasteiger partial charge in [-0.2, -0.15) is 26.3 Å². The van der Waals surface area contributed by atoms with Gasteiger partial charge in [0, 0.05) is 68.8 Å². The van der Waals surface area contributed by atoms with E-state index in [1.165, 1.54) is 97.1 Å². The SMILES string of the molecule is C=C(Cl)C(=O)OCCc1ccc(Oc2cc3c4c(cc(Oc5ccc(CCOC(=O)C(=C)Cl)cc5)c5c6c(Oc7ccc(CCOC(=O)C(=C)Cl)cc7)cc7c8c(cc(Oc9ccc(CCOC(=O)C(=C)Cl)cc9)c(c2c45)c86)C(=O)N(C(CC(F)(F)F)C(=O)O)C7=O)C(=O)N(C(CC(F)(F)F)C(=O)O)C3=O)cc1. The Morgan fingerprint density at radius 2 is 0.556 bits per heavy atom. The summed E-state index contributed by atoms with van der Waals surface area (Å²) in [5.41, 5.74) is -0.709. The van der Waals surface area contributed by atoms with Gasteiger partial charge in [-0.25, -0.2) is 28.8 Å². The molecular formula is C76H52Cl4F6N2O20. The fourth-order valence-electron chi connectivity index (χ4n) is 12.2. The van der Waals surface area contributed by atoms with E-state index in [-0.39, 0.29) is 117 Å². The lowest BCUT2D eigenvalue weighted by Gasteiger charge is -2.35. The predicted molar refractivity (Wildman–Crippen MR) is 378 cm³/mol. The number of carboxylic acids is 2. The molecule has 0 saturated carbocycles. The second-order valence-electron chi connectivity index (χ2n) is 24.1. The monoisotopic (exact) mass is 1570 g/mol. The number of benzene rings is 9. The molecule has 2 atom stereocenters. The van der Waals surface area contributed by atoms with Gasteiger partial charge in [0.2, 0.25) is 0 Å². The highest BCUT2D eigenvalue weighted by Crippen LogP contribution is 2.58. The maximum absolute atomic E-state index is 15.6. The minimum atomic E-state index is -5.34. The third-order valence-corrected chi connectivity index (χ3v) is 17.6. The molecule has 556 valence electrons. The van der Waals surface area contributed by atoms with E-state index in [0.717, 1.165) is 24.3 Å². The summed E-state index contributed by atoms with van der Waals surface area (Å²) in [6, 6.07) is 21.2. The Hall–Kier alpha value is -11.7. The highest BCUT2D eigenvalue weighted by Gasteiger charge is 2.50. The standard InChI is InChI=1S/C76H52Cl4F6N2O20/c1-35(77)71(97)101-25-21-39-5-13-43(14-6-39)105-53-29-47-57-48(66(90)87(65(47)89)51(69(93)94)33-75(81,82)83)31-55(107-45-17-9-41(10-18-45)23-27-103-73(99)37(3)79)61-62-56(108-46-19-11-42(12-20-46)24-28-104-74(100)38(4)80)32-50-58-49(67(91)88(68(50)92)52(70(95)96)34-76(84,85)86)30-54(60(64(58)62)59(53)63(57)61)106-44-15-7-40(8-16-44)22-26-102-72(98)36(2)78/h5-20,29-32,51-52H,1-4,21-28,33-34H2,(H,93,94)(H,95,96). The zero-order valence-electron chi connectivity index (χ0n) is 55.5. The average Bonchev–Trinajstić information content (AvgIpc) is 0.671. The molecular weight excluding hydrogens is 1520 g/mol. The molecule has 0 saturated heterocycles. The zero-order chi connectivity index (χ0) is 78.1. The molecule has 0 aliphatic carbocycles. The van der Waals surface area contributed by atoms with Gasteiger partial charge in [0.15, 0.2) is 0 Å². The number of esters is 4. The Balaban J connectivity index is 1.28. The van der Waals surface area contributed by atoms with Crippen LogP contribution in [0.1, 0.15) is 76.5 Å². The summed E-state index contributed by atoms with van der Waals surface area (Å²) in [7, 11) is 0. The van der Waals surface area contributed by atoms with Gasteiger partial charge in [0.25, 0.3) is 23.6 Å². The van der Waals surface area contributed by atoms with Crippen LogP contribution < -0.4 is 18.9 Å². The van der Waals surface area contributed by atoms with Gasteiger partial charge in [0.1, 0.15) is 78.2 Å². The number of alkyl halides is 6. The Bertz CT molecular complexity index is 4690. The lowest BCUT2D eigenvalue weighted by molar-refractivity contribution is -0.162. The second-order valence-corrected chi connectivity index (χ2v) is 26.0. The lowest BCUT2D eigenvalue weighted by atomic mass is 9.80. The summed E-state index contributed by atoms with van der Waals surface area (Å²) in [6.07, 6.45) is -14.9. The minimum Gasteiger partial charge on any atom is -0.480 e. The molecule has 0 spiro atoms. The Morgan fingerprint density at radius 3 is 0.731 bits per heavy atom. The molecule has 2 N–H and O–H groups in total. The lowest BCUT2D eigenvalue weighted by Crippen LogP contribution is -2.52. The summed E-state index contributed by atoms with van der Waals surface area (Å²) < 4.78 is 136. The fraction of sp³-hybridized carbons (Fsp3) is 0.184. The van der Waals surface area contributed by atoms with Crippen LogP contribution in [0.2, 0.25) is 0 Å². The van der Waals surface area contributed by atoms with Crippen molar-refractivity contribution in [1.82, 2.24) is 9.80 Å². The van der Waals surface area contributed by atoms with Crippen LogP contribution in [-0.4, -0.2) is 130 Å². The van der Waals surface area contributed by atoms with E-state index in [9.17, 15) is 65.3 Å². The third-order valence-electron chi connectivity index (χ3n) is 17.0. The molecule has 2 aliphatic rings. The maximum Gasteiger partial charge on any atom is 0.391 e. The van der Waals surface area contributed by atoms with Crippen molar-refractivity contribution in [3.05, 3.63) is 212 Å². The van der Waals surface area contributed by atoms with Gasteiger partial charge in [-0.05, 0) is 95.1 Å². The topological polar surface area (TPSA) is 291 Å². The van der Waals surface area contributed by atoms with E-state index in [4.69, 9.17) is 84.3 Å². The molecule has 0 aromatic heterocycles. The molecule has 0 bridgehead atoms. The number of aliphatic carboxylic acids is 2. The number of imide groups is 2. The second kappa shape index (κ2) is 31.4. The van der Waals surface area contributed by atoms with Crippen LogP contribution in [0.3, 0.4) is 0 Å². The normalized spacial score (nSPS) is 13.3. The van der Waals surface area contributed by atoms with Crippen molar-refractivity contribution in [2.45, 2.75) is 63.0 Å². The molecule has 0 radical (unpaired) electrons. The van der Waals surface area contributed by atoms with Crippen LogP contribution in [0.25, 0.3) is 43.1 Å². The number of amides is 4. The number of halogens is 10. The van der Waals surface area contributed by atoms with Gasteiger partial charge in [-0.3, -0.25) is 29.0 Å². The summed E-state index contributed by atoms with van der Waals surface area (Å²) in [6.45, 7) is 12.5. The first-order valence-electron chi connectivity index (χ1n) is 31.9. The van der Waals surface area contributed by atoms with Gasteiger partial charge < -0.3 is 48.1 Å². The molecule has 2 unspecified atom stereocenters. The van der Waals surface area contributed by atoms with Crippen molar-refractivity contribution >= 4 is 149 Å². The first-order chi connectivity index (χ1) is 51.1. The number of hydrogen-bond acceptors (Lipinski definition) is 18. The van der Waals surface area contributed by atoms with E-state index in [2.05, 4.69) is 26.3 Å². The molecule has 32 heteroatoms. The number of carboxylic acid groups (broad SMARTS) is 2. The largest absolute Gasteiger partial charge is 0.480 e. The van der Waals surface area contributed by atoms with Crippen molar-refractivity contribution < 1.29 is 122 Å². The number of hydrogen-bond donors (Lipinski definition) is 2. The Labute approximate surface area is 625 Å². The average molecular weight is 1570 g/mol. The fourth-order valence-corrected chi connectivity index (χ4v) is 12.4. The number of ether oxygens (including phenoxy) is 8. The van der Waals surface area contributed by atoms with Crippen LogP contribution >= 0.6 is 46.4 Å². The first kappa shape index (κ1) is 77.4. The van der Waals surface area contributed by atoms with Crippen LogP contribution in [0.15, 0.2) is 168 Å². The predicted octanol–water partition coefficient (Wildman–Crippen LogP) is 16.3. The maximum atomic E-state index is 15.6. The van der Waals surface area contributed by atoms with E-state index >= 15 is 19.2 Å². The minimum absolute atomic E-state index is 0.0687. The quantitative estimate of drug-likeness (QED) is 0.00804. The summed E-state index contributed by atoms with van der Waals surface area (Å²) >= 11 is 22.9. The highest BCUT2D eigenvalue weighted by atomic mass is 35.5. The van der Waals surface area contributed by atoms with E-state index in [0.29, 0.717) is 22.3 Å². The Morgan fingerprint density at radius 1 is 0.352 bits per heavy atom. The summed E-state index contributed by atoms with van der Waals surface area (Å²) in [5.74, 6) is -17.1. The van der Waals surface area contributed by atoms with Crippen molar-refractivity contribution in [1.29, 1.82) is 0 Å². The molecule has 108 heavy (non-hydrogen) atoms. The summed E-state index contributed by atoms with van der Waals surface area (Å²) in [5, 5.41) is 17.0. The Kier molecular flexibility index (Phi) is 22.5. The van der Waals surface area contributed by atoms with Crippen molar-refractivity contribution in [2.24, 2.45) is 0 Å². The number of nitrogens with zero attached hydrogens (tertiary/aromatic N) is 2. The molecule has 9 aromatic rings.